The summed E-state index contributed by atoms with van der Waals surface area (Å²) in [7, 11) is 0. The average Bonchev–Trinajstić information content (AvgIpc) is 3.26. The van der Waals surface area contributed by atoms with E-state index in [2.05, 4.69) is 20.8 Å². The first-order valence-electron chi connectivity index (χ1n) is 7.96. The molecule has 1 heterocycles. The van der Waals surface area contributed by atoms with Gasteiger partial charge in [0.15, 0.2) is 0 Å². The lowest BCUT2D eigenvalue weighted by molar-refractivity contribution is -0.151. The van der Waals surface area contributed by atoms with Gasteiger partial charge in [0.2, 0.25) is 5.91 Å². The molecule has 0 aromatic heterocycles. The number of amides is 1. The third-order valence-electron chi connectivity index (χ3n) is 3.86. The summed E-state index contributed by atoms with van der Waals surface area (Å²) in [5.41, 5.74) is 0. The van der Waals surface area contributed by atoms with Gasteiger partial charge in [-0.05, 0) is 25.7 Å². The van der Waals surface area contributed by atoms with Crippen LogP contribution in [-0.2, 0) is 14.3 Å². The van der Waals surface area contributed by atoms with E-state index in [0.717, 1.165) is 38.0 Å². The second kappa shape index (κ2) is 7.03. The van der Waals surface area contributed by atoms with E-state index in [-0.39, 0.29) is 28.5 Å². The topological polar surface area (TPSA) is 46.6 Å². The third-order valence-corrected chi connectivity index (χ3v) is 5.09. The minimum absolute atomic E-state index is 0.124. The van der Waals surface area contributed by atoms with E-state index in [1.807, 2.05) is 4.90 Å². The van der Waals surface area contributed by atoms with Crippen LogP contribution in [0.15, 0.2) is 0 Å². The van der Waals surface area contributed by atoms with Gasteiger partial charge < -0.3 is 9.64 Å². The molecule has 1 saturated heterocycles. The summed E-state index contributed by atoms with van der Waals surface area (Å²) in [6.45, 7) is 8.29. The van der Waals surface area contributed by atoms with Gasteiger partial charge in [0.1, 0.15) is 6.61 Å². The highest BCUT2D eigenvalue weighted by molar-refractivity contribution is 8.00. The number of carbonyl (C=O) groups is 2. The predicted molar refractivity (Wildman–Crippen MR) is 85.2 cm³/mol. The predicted octanol–water partition coefficient (Wildman–Crippen LogP) is 2.71. The summed E-state index contributed by atoms with van der Waals surface area (Å²) in [4.78, 5) is 26.0. The number of piperidine rings is 1. The Balaban J connectivity index is 1.70. The zero-order valence-corrected chi connectivity index (χ0v) is 14.2. The van der Waals surface area contributed by atoms with Crippen LogP contribution < -0.4 is 0 Å². The van der Waals surface area contributed by atoms with Crippen molar-refractivity contribution < 1.29 is 14.3 Å². The van der Waals surface area contributed by atoms with Gasteiger partial charge in [0.25, 0.3) is 0 Å². The molecular weight excluding hydrogens is 286 g/mol. The van der Waals surface area contributed by atoms with Crippen molar-refractivity contribution >= 4 is 23.6 Å². The van der Waals surface area contributed by atoms with Crippen LogP contribution in [0.2, 0.25) is 0 Å². The van der Waals surface area contributed by atoms with Crippen molar-refractivity contribution in [2.75, 3.05) is 25.4 Å². The van der Waals surface area contributed by atoms with Crippen molar-refractivity contribution in [3.05, 3.63) is 0 Å². The highest BCUT2D eigenvalue weighted by Gasteiger charge is 2.37. The van der Waals surface area contributed by atoms with E-state index in [4.69, 9.17) is 4.74 Å². The number of hydrogen-bond acceptors (Lipinski definition) is 4. The number of carbonyl (C=O) groups excluding carboxylic acids is 2. The Hall–Kier alpha value is -0.710. The molecule has 1 amide bonds. The first-order chi connectivity index (χ1) is 9.87. The van der Waals surface area contributed by atoms with E-state index in [9.17, 15) is 9.59 Å². The van der Waals surface area contributed by atoms with E-state index in [0.29, 0.717) is 13.2 Å². The summed E-state index contributed by atoms with van der Waals surface area (Å²) in [6, 6.07) is 0. The van der Waals surface area contributed by atoms with Gasteiger partial charge in [-0.25, -0.2) is 0 Å². The molecule has 2 rings (SSSR count). The second-order valence-corrected chi connectivity index (χ2v) is 8.95. The zero-order valence-electron chi connectivity index (χ0n) is 13.4. The number of esters is 1. The van der Waals surface area contributed by atoms with Crippen molar-refractivity contribution in [3.8, 4) is 0 Å². The van der Waals surface area contributed by atoms with E-state index >= 15 is 0 Å². The molecule has 1 aliphatic heterocycles. The van der Waals surface area contributed by atoms with Crippen molar-refractivity contribution in [3.63, 3.8) is 0 Å². The maximum Gasteiger partial charge on any atom is 0.310 e. The summed E-state index contributed by atoms with van der Waals surface area (Å²) < 4.78 is 5.58. The summed E-state index contributed by atoms with van der Waals surface area (Å²) in [5.74, 6) is 1.06. The highest BCUT2D eigenvalue weighted by atomic mass is 32.2. The second-order valence-electron chi connectivity index (χ2n) is 7.03. The molecule has 1 saturated carbocycles. The van der Waals surface area contributed by atoms with E-state index < -0.39 is 0 Å². The Kier molecular flexibility index (Phi) is 5.58. The highest BCUT2D eigenvalue weighted by Crippen LogP contribution is 2.32. The lowest BCUT2D eigenvalue weighted by atomic mass is 9.98. The molecule has 1 atom stereocenters. The van der Waals surface area contributed by atoms with Crippen LogP contribution in [0.4, 0.5) is 0 Å². The van der Waals surface area contributed by atoms with Gasteiger partial charge >= 0.3 is 5.97 Å². The monoisotopic (exact) mass is 313 g/mol. The first-order valence-corrected chi connectivity index (χ1v) is 8.95. The fourth-order valence-corrected chi connectivity index (χ4v) is 3.35. The SMILES string of the molecule is CC(C)(C)SCCOC(=O)[C@@H]1CCCN(C(=O)C2CC2)C1. The Labute approximate surface area is 132 Å². The summed E-state index contributed by atoms with van der Waals surface area (Å²) >= 11 is 1.80. The van der Waals surface area contributed by atoms with Crippen molar-refractivity contribution in [1.82, 2.24) is 4.90 Å². The van der Waals surface area contributed by atoms with Gasteiger partial charge in [0.05, 0.1) is 5.92 Å². The molecule has 2 aliphatic rings. The van der Waals surface area contributed by atoms with Crippen LogP contribution in [0, 0.1) is 11.8 Å². The van der Waals surface area contributed by atoms with Gasteiger partial charge in [-0.3, -0.25) is 9.59 Å². The molecule has 21 heavy (non-hydrogen) atoms. The lowest BCUT2D eigenvalue weighted by Crippen LogP contribution is -2.43. The van der Waals surface area contributed by atoms with Crippen molar-refractivity contribution in [2.24, 2.45) is 11.8 Å². The molecule has 0 unspecified atom stereocenters. The largest absolute Gasteiger partial charge is 0.465 e. The molecule has 120 valence electrons. The van der Waals surface area contributed by atoms with Crippen LogP contribution >= 0.6 is 11.8 Å². The van der Waals surface area contributed by atoms with Crippen LogP contribution in [0.3, 0.4) is 0 Å². The van der Waals surface area contributed by atoms with Gasteiger partial charge in [0, 0.05) is 29.5 Å². The fraction of sp³-hybridized carbons (Fsp3) is 0.875. The van der Waals surface area contributed by atoms with Crippen LogP contribution in [0.1, 0.15) is 46.5 Å². The van der Waals surface area contributed by atoms with Crippen LogP contribution in [0.5, 0.6) is 0 Å². The molecular formula is C16H27NO3S. The number of rotatable bonds is 5. The number of thioether (sulfide) groups is 1. The van der Waals surface area contributed by atoms with Crippen molar-refractivity contribution in [1.29, 1.82) is 0 Å². The molecule has 0 radical (unpaired) electrons. The maximum absolute atomic E-state index is 12.1. The Morgan fingerprint density at radius 1 is 1.19 bits per heavy atom. The van der Waals surface area contributed by atoms with E-state index in [1.54, 1.807) is 11.8 Å². The molecule has 0 bridgehead atoms. The first kappa shape index (κ1) is 16.7. The Morgan fingerprint density at radius 3 is 2.52 bits per heavy atom. The molecule has 1 aliphatic carbocycles. The average molecular weight is 313 g/mol. The number of nitrogens with zero attached hydrogens (tertiary/aromatic N) is 1. The normalized spacial score (nSPS) is 23.0. The lowest BCUT2D eigenvalue weighted by Gasteiger charge is -2.31. The minimum Gasteiger partial charge on any atom is -0.465 e. The summed E-state index contributed by atoms with van der Waals surface area (Å²) in [6.07, 6.45) is 3.80. The standard InChI is InChI=1S/C16H27NO3S/c1-16(2,3)21-10-9-20-15(19)13-5-4-8-17(11-13)14(18)12-6-7-12/h12-13H,4-11H2,1-3H3/t13-/m1/s1. The minimum atomic E-state index is -0.127. The van der Waals surface area contributed by atoms with Gasteiger partial charge in [-0.2, -0.15) is 11.8 Å². The van der Waals surface area contributed by atoms with Gasteiger partial charge in [-0.1, -0.05) is 20.8 Å². The Bertz CT molecular complexity index is 387. The molecule has 0 N–H and O–H groups in total. The third kappa shape index (κ3) is 5.53. The molecule has 0 spiro atoms. The van der Waals surface area contributed by atoms with E-state index in [1.165, 1.54) is 0 Å². The number of hydrogen-bond donors (Lipinski definition) is 0. The number of ether oxygens (including phenoxy) is 1. The molecule has 5 heteroatoms. The zero-order chi connectivity index (χ0) is 15.5. The number of likely N-dealkylation sites (tertiary alicyclic amines) is 1. The fourth-order valence-electron chi connectivity index (χ4n) is 2.57. The van der Waals surface area contributed by atoms with Crippen LogP contribution in [-0.4, -0.2) is 47.0 Å². The Morgan fingerprint density at radius 2 is 1.90 bits per heavy atom. The molecule has 0 aromatic carbocycles. The van der Waals surface area contributed by atoms with Crippen molar-refractivity contribution in [2.45, 2.75) is 51.2 Å². The molecule has 4 nitrogen and oxygen atoms in total. The summed E-state index contributed by atoms with van der Waals surface area (Å²) in [5, 5.41) is 0. The maximum atomic E-state index is 12.1. The quantitative estimate of drug-likeness (QED) is 0.578. The molecule has 0 aromatic rings. The van der Waals surface area contributed by atoms with Crippen LogP contribution in [0.25, 0.3) is 0 Å². The van der Waals surface area contributed by atoms with Gasteiger partial charge in [-0.15, -0.1) is 0 Å². The smallest absolute Gasteiger partial charge is 0.310 e. The molecule has 2 fully saturated rings.